The molecule has 0 unspecified atom stereocenters. The summed E-state index contributed by atoms with van der Waals surface area (Å²) in [5, 5.41) is 9.63. The number of benzene rings is 1. The van der Waals surface area contributed by atoms with E-state index in [0.29, 0.717) is 17.9 Å². The van der Waals surface area contributed by atoms with Crippen LogP contribution in [-0.2, 0) is 0 Å². The maximum Gasteiger partial charge on any atom is 0.165 e. The second-order valence-corrected chi connectivity index (χ2v) is 4.28. The molecule has 0 saturated heterocycles. The highest BCUT2D eigenvalue weighted by molar-refractivity contribution is 5.96. The molecule has 1 aromatic carbocycles. The molecule has 0 aromatic heterocycles. The number of hydrogen-bond acceptors (Lipinski definition) is 2. The van der Waals surface area contributed by atoms with Crippen molar-refractivity contribution in [3.63, 3.8) is 0 Å². The predicted octanol–water partition coefficient (Wildman–Crippen LogP) is 2.67. The molecule has 0 spiro atoms. The Kier molecular flexibility index (Phi) is 4.50. The van der Waals surface area contributed by atoms with Gasteiger partial charge >= 0.3 is 0 Å². The van der Waals surface area contributed by atoms with E-state index in [2.05, 4.69) is 0 Å². The van der Waals surface area contributed by atoms with Gasteiger partial charge in [-0.2, -0.15) is 0 Å². The van der Waals surface area contributed by atoms with Crippen LogP contribution in [0.15, 0.2) is 30.3 Å². The lowest BCUT2D eigenvalue weighted by Gasteiger charge is -2.11. The molecule has 0 saturated carbocycles. The van der Waals surface area contributed by atoms with Crippen LogP contribution in [0, 0.1) is 5.92 Å². The van der Waals surface area contributed by atoms with Crippen molar-refractivity contribution in [2.24, 2.45) is 5.92 Å². The fourth-order valence-electron chi connectivity index (χ4n) is 1.58. The van der Waals surface area contributed by atoms with Crippen molar-refractivity contribution >= 4 is 5.78 Å². The van der Waals surface area contributed by atoms with Crippen LogP contribution in [0.1, 0.15) is 37.0 Å². The van der Waals surface area contributed by atoms with Gasteiger partial charge in [-0.1, -0.05) is 44.2 Å². The molecule has 0 radical (unpaired) electrons. The third-order valence-corrected chi connectivity index (χ3v) is 2.26. The van der Waals surface area contributed by atoms with Gasteiger partial charge < -0.3 is 5.11 Å². The highest BCUT2D eigenvalue weighted by Crippen LogP contribution is 2.11. The molecular weight excluding hydrogens is 188 g/mol. The van der Waals surface area contributed by atoms with E-state index in [1.807, 2.05) is 32.0 Å². The van der Waals surface area contributed by atoms with E-state index in [1.165, 1.54) is 0 Å². The normalized spacial score (nSPS) is 12.8. The molecule has 0 aliphatic rings. The van der Waals surface area contributed by atoms with E-state index in [4.69, 9.17) is 0 Å². The molecule has 82 valence electrons. The fourth-order valence-corrected chi connectivity index (χ4v) is 1.58. The van der Waals surface area contributed by atoms with Gasteiger partial charge in [0.2, 0.25) is 0 Å². The van der Waals surface area contributed by atoms with Crippen LogP contribution in [0.4, 0.5) is 0 Å². The van der Waals surface area contributed by atoms with Crippen LogP contribution in [0.2, 0.25) is 0 Å². The monoisotopic (exact) mass is 206 g/mol. The summed E-state index contributed by atoms with van der Waals surface area (Å²) in [6.45, 7) is 4.08. The molecule has 0 bridgehead atoms. The molecule has 0 aliphatic carbocycles. The average molecular weight is 206 g/mol. The van der Waals surface area contributed by atoms with E-state index >= 15 is 0 Å². The Balaban J connectivity index is 2.49. The minimum atomic E-state index is -0.516. The summed E-state index contributed by atoms with van der Waals surface area (Å²) in [6.07, 6.45) is 0.388. The van der Waals surface area contributed by atoms with Gasteiger partial charge in [0, 0.05) is 12.0 Å². The summed E-state index contributed by atoms with van der Waals surface area (Å²) in [6, 6.07) is 9.11. The number of aliphatic hydroxyl groups excluding tert-OH is 1. The van der Waals surface area contributed by atoms with Crippen molar-refractivity contribution in [3.05, 3.63) is 35.9 Å². The van der Waals surface area contributed by atoms with E-state index in [9.17, 15) is 9.90 Å². The summed E-state index contributed by atoms with van der Waals surface area (Å²) in [4.78, 5) is 11.7. The van der Waals surface area contributed by atoms with Gasteiger partial charge in [-0.05, 0) is 12.3 Å². The Morgan fingerprint density at radius 1 is 1.27 bits per heavy atom. The van der Waals surface area contributed by atoms with Crippen molar-refractivity contribution in [1.82, 2.24) is 0 Å². The third kappa shape index (κ3) is 4.26. The van der Waals surface area contributed by atoms with Crippen molar-refractivity contribution in [2.75, 3.05) is 0 Å². The molecule has 2 nitrogen and oxygen atoms in total. The maximum absolute atomic E-state index is 11.7. The molecule has 0 aliphatic heterocycles. The van der Waals surface area contributed by atoms with Crippen LogP contribution < -0.4 is 0 Å². The first kappa shape index (κ1) is 11.9. The summed E-state index contributed by atoms with van der Waals surface area (Å²) in [5.74, 6) is 0.437. The predicted molar refractivity (Wildman–Crippen MR) is 60.9 cm³/mol. The smallest absolute Gasteiger partial charge is 0.165 e. The number of carbonyl (C=O) groups is 1. The van der Waals surface area contributed by atoms with Crippen LogP contribution in [0.25, 0.3) is 0 Å². The molecule has 15 heavy (non-hydrogen) atoms. The van der Waals surface area contributed by atoms with Gasteiger partial charge in [-0.15, -0.1) is 0 Å². The highest BCUT2D eigenvalue weighted by Gasteiger charge is 2.13. The number of rotatable bonds is 5. The molecule has 1 rings (SSSR count). The Bertz CT molecular complexity index is 304. The molecule has 1 aromatic rings. The lowest BCUT2D eigenvalue weighted by Crippen LogP contribution is -2.15. The van der Waals surface area contributed by atoms with Crippen molar-refractivity contribution in [2.45, 2.75) is 32.8 Å². The van der Waals surface area contributed by atoms with Gasteiger partial charge in [-0.25, -0.2) is 0 Å². The number of Topliss-reactive ketones (excluding diaryl/α,β-unsaturated/α-hetero) is 1. The second-order valence-electron chi connectivity index (χ2n) is 4.28. The van der Waals surface area contributed by atoms with E-state index in [0.717, 1.165) is 0 Å². The first-order valence-electron chi connectivity index (χ1n) is 5.36. The Morgan fingerprint density at radius 3 is 2.40 bits per heavy atom. The highest BCUT2D eigenvalue weighted by atomic mass is 16.3. The number of carbonyl (C=O) groups excluding carboxylic acids is 1. The molecule has 1 atom stereocenters. The zero-order valence-corrected chi connectivity index (χ0v) is 9.31. The lowest BCUT2D eigenvalue weighted by atomic mass is 9.99. The third-order valence-electron chi connectivity index (χ3n) is 2.26. The fraction of sp³-hybridized carbons (Fsp3) is 0.462. The maximum atomic E-state index is 11.7. The average Bonchev–Trinajstić information content (AvgIpc) is 2.17. The Hall–Kier alpha value is -1.15. The number of aliphatic hydroxyl groups is 1. The van der Waals surface area contributed by atoms with Gasteiger partial charge in [0.1, 0.15) is 0 Å². The summed E-state index contributed by atoms with van der Waals surface area (Å²) >= 11 is 0. The van der Waals surface area contributed by atoms with Crippen molar-refractivity contribution in [3.8, 4) is 0 Å². The largest absolute Gasteiger partial charge is 0.393 e. The topological polar surface area (TPSA) is 37.3 Å². The zero-order valence-electron chi connectivity index (χ0n) is 9.31. The molecule has 2 heteroatoms. The second kappa shape index (κ2) is 5.66. The Morgan fingerprint density at radius 2 is 1.87 bits per heavy atom. The minimum Gasteiger partial charge on any atom is -0.393 e. The van der Waals surface area contributed by atoms with Crippen LogP contribution in [0.5, 0.6) is 0 Å². The number of ketones is 1. The molecule has 0 fully saturated rings. The summed E-state index contributed by atoms with van der Waals surface area (Å²) in [7, 11) is 0. The lowest BCUT2D eigenvalue weighted by molar-refractivity contribution is 0.0847. The molecule has 0 heterocycles. The standard InChI is InChI=1S/C13H18O2/c1-10(2)8-12(14)9-13(15)11-6-4-3-5-7-11/h3-7,10,12,14H,8-9H2,1-2H3/t12-/m1/s1. The molecular formula is C13H18O2. The van der Waals surface area contributed by atoms with Crippen LogP contribution >= 0.6 is 0 Å². The van der Waals surface area contributed by atoms with Gasteiger partial charge in [0.25, 0.3) is 0 Å². The minimum absolute atomic E-state index is 0.0174. The summed E-state index contributed by atoms with van der Waals surface area (Å²) < 4.78 is 0. The molecule has 0 amide bonds. The van der Waals surface area contributed by atoms with E-state index < -0.39 is 6.10 Å². The summed E-state index contributed by atoms with van der Waals surface area (Å²) in [5.41, 5.74) is 0.681. The SMILES string of the molecule is CC(C)C[C@@H](O)CC(=O)c1ccccc1. The van der Waals surface area contributed by atoms with E-state index in [1.54, 1.807) is 12.1 Å². The van der Waals surface area contributed by atoms with Gasteiger partial charge in [0.15, 0.2) is 5.78 Å². The molecule has 1 N–H and O–H groups in total. The first-order valence-corrected chi connectivity index (χ1v) is 5.36. The van der Waals surface area contributed by atoms with Crippen molar-refractivity contribution < 1.29 is 9.90 Å². The van der Waals surface area contributed by atoms with Gasteiger partial charge in [0.05, 0.1) is 6.10 Å². The number of hydrogen-bond donors (Lipinski definition) is 1. The quantitative estimate of drug-likeness (QED) is 0.752. The van der Waals surface area contributed by atoms with Crippen LogP contribution in [0.3, 0.4) is 0 Å². The van der Waals surface area contributed by atoms with Gasteiger partial charge in [-0.3, -0.25) is 4.79 Å². The zero-order chi connectivity index (χ0) is 11.3. The van der Waals surface area contributed by atoms with Crippen LogP contribution in [-0.4, -0.2) is 17.0 Å². The van der Waals surface area contributed by atoms with E-state index in [-0.39, 0.29) is 12.2 Å². The first-order chi connectivity index (χ1) is 7.09. The van der Waals surface area contributed by atoms with Crippen molar-refractivity contribution in [1.29, 1.82) is 0 Å². The Labute approximate surface area is 90.9 Å².